The minimum absolute atomic E-state index is 0.198. The number of nitrogens with one attached hydrogen (secondary N) is 2. The summed E-state index contributed by atoms with van der Waals surface area (Å²) in [7, 11) is 0. The summed E-state index contributed by atoms with van der Waals surface area (Å²) in [6.07, 6.45) is 2.05. The van der Waals surface area contributed by atoms with Crippen molar-refractivity contribution in [2.45, 2.75) is 24.8 Å². The van der Waals surface area contributed by atoms with Crippen LogP contribution < -0.4 is 16.6 Å². The first kappa shape index (κ1) is 12.9. The fourth-order valence-electron chi connectivity index (χ4n) is 1.17. The number of hydrogen-bond acceptors (Lipinski definition) is 3. The highest BCUT2D eigenvalue weighted by Gasteiger charge is 1.99. The van der Waals surface area contributed by atoms with Crippen molar-refractivity contribution in [2.24, 2.45) is 10.8 Å². The quantitative estimate of drug-likeness (QED) is 0.248. The van der Waals surface area contributed by atoms with E-state index in [1.54, 1.807) is 11.8 Å². The topological polar surface area (TPSA) is 62.4 Å². The highest BCUT2D eigenvalue weighted by molar-refractivity contribution is 7.98. The molecule has 0 unspecified atom stereocenters. The number of nitrogens with two attached hydrogens (primary N) is 1. The van der Waals surface area contributed by atoms with Gasteiger partial charge in [0, 0.05) is 16.6 Å². The minimum Gasteiger partial charge on any atom is -0.325 e. The Morgan fingerprint density at radius 3 is 2.38 bits per heavy atom. The van der Waals surface area contributed by atoms with E-state index in [9.17, 15) is 0 Å². The molecule has 0 aromatic heterocycles. The smallest absolute Gasteiger partial charge is 0.210 e. The highest BCUT2D eigenvalue weighted by Crippen LogP contribution is 2.17. The Balaban J connectivity index is 2.70. The SMILES string of the molecule is CSc1ccc(NC(=NC(C)C)NN)cc1. The standard InChI is InChI=1S/C11H18N4S/c1-8(2)13-11(15-12)14-9-4-6-10(16-3)7-5-9/h4-8H,12H2,1-3H3,(H2,13,14,15). The molecule has 0 saturated heterocycles. The average Bonchev–Trinajstić information content (AvgIpc) is 2.28. The van der Waals surface area contributed by atoms with Crippen LogP contribution in [-0.2, 0) is 0 Å². The lowest BCUT2D eigenvalue weighted by Crippen LogP contribution is -2.36. The average molecular weight is 238 g/mol. The minimum atomic E-state index is 0.198. The summed E-state index contributed by atoms with van der Waals surface area (Å²) in [5.74, 6) is 5.95. The van der Waals surface area contributed by atoms with Crippen LogP contribution in [0.15, 0.2) is 34.2 Å². The van der Waals surface area contributed by atoms with Crippen LogP contribution >= 0.6 is 11.8 Å². The normalized spacial score (nSPS) is 11.7. The van der Waals surface area contributed by atoms with Gasteiger partial charge in [0.05, 0.1) is 0 Å². The monoisotopic (exact) mass is 238 g/mol. The van der Waals surface area contributed by atoms with Gasteiger partial charge >= 0.3 is 0 Å². The second-order valence-corrected chi connectivity index (χ2v) is 4.45. The van der Waals surface area contributed by atoms with Crippen molar-refractivity contribution in [3.63, 3.8) is 0 Å². The molecule has 0 saturated carbocycles. The molecule has 4 N–H and O–H groups in total. The Hall–Kier alpha value is -1.20. The van der Waals surface area contributed by atoms with E-state index in [1.165, 1.54) is 4.90 Å². The molecule has 0 aliphatic carbocycles. The predicted octanol–water partition coefficient (Wildman–Crippen LogP) is 2.05. The van der Waals surface area contributed by atoms with E-state index in [0.29, 0.717) is 5.96 Å². The predicted molar refractivity (Wildman–Crippen MR) is 71.7 cm³/mol. The number of hydrazine groups is 1. The zero-order chi connectivity index (χ0) is 12.0. The summed E-state index contributed by atoms with van der Waals surface area (Å²) < 4.78 is 0. The fraction of sp³-hybridized carbons (Fsp3) is 0.364. The van der Waals surface area contributed by atoms with Crippen molar-refractivity contribution in [3.8, 4) is 0 Å². The number of hydrogen-bond donors (Lipinski definition) is 3. The van der Waals surface area contributed by atoms with Crippen LogP contribution in [0.1, 0.15) is 13.8 Å². The third-order valence-corrected chi connectivity index (χ3v) is 2.62. The number of guanidine groups is 1. The lowest BCUT2D eigenvalue weighted by atomic mass is 10.3. The van der Waals surface area contributed by atoms with E-state index in [-0.39, 0.29) is 6.04 Å². The van der Waals surface area contributed by atoms with Crippen LogP contribution in [0.5, 0.6) is 0 Å². The Kier molecular flexibility index (Phi) is 5.14. The van der Waals surface area contributed by atoms with E-state index in [4.69, 9.17) is 5.84 Å². The molecule has 88 valence electrons. The largest absolute Gasteiger partial charge is 0.325 e. The maximum absolute atomic E-state index is 5.38. The molecule has 0 amide bonds. The van der Waals surface area contributed by atoms with E-state index < -0.39 is 0 Å². The molecule has 1 rings (SSSR count). The van der Waals surface area contributed by atoms with Gasteiger partial charge in [0.2, 0.25) is 5.96 Å². The van der Waals surface area contributed by atoms with Crippen molar-refractivity contribution in [3.05, 3.63) is 24.3 Å². The molecular formula is C11H18N4S. The molecule has 0 radical (unpaired) electrons. The number of aliphatic imine (C=N–C) groups is 1. The number of rotatable bonds is 3. The Bertz CT molecular complexity index is 346. The van der Waals surface area contributed by atoms with Gasteiger partial charge in [-0.3, -0.25) is 5.43 Å². The van der Waals surface area contributed by atoms with E-state index >= 15 is 0 Å². The maximum Gasteiger partial charge on any atom is 0.210 e. The molecular weight excluding hydrogens is 220 g/mol. The van der Waals surface area contributed by atoms with Crippen LogP contribution in [0.25, 0.3) is 0 Å². The van der Waals surface area contributed by atoms with Gasteiger partial charge in [0.15, 0.2) is 0 Å². The molecule has 1 aromatic rings. The van der Waals surface area contributed by atoms with Crippen molar-refractivity contribution in [1.82, 2.24) is 5.43 Å². The van der Waals surface area contributed by atoms with Crippen molar-refractivity contribution < 1.29 is 0 Å². The van der Waals surface area contributed by atoms with Crippen LogP contribution in [0.4, 0.5) is 5.69 Å². The number of thioether (sulfide) groups is 1. The zero-order valence-corrected chi connectivity index (χ0v) is 10.6. The summed E-state index contributed by atoms with van der Waals surface area (Å²) in [6, 6.07) is 8.30. The van der Waals surface area contributed by atoms with Crippen LogP contribution in [0.2, 0.25) is 0 Å². The van der Waals surface area contributed by atoms with Crippen molar-refractivity contribution >= 4 is 23.4 Å². The first-order chi connectivity index (χ1) is 7.65. The van der Waals surface area contributed by atoms with Crippen LogP contribution in [0, 0.1) is 0 Å². The third kappa shape index (κ3) is 4.12. The molecule has 1 aromatic carbocycles. The van der Waals surface area contributed by atoms with Gasteiger partial charge in [0.25, 0.3) is 0 Å². The number of benzene rings is 1. The molecule has 4 nitrogen and oxygen atoms in total. The lowest BCUT2D eigenvalue weighted by molar-refractivity contribution is 0.819. The van der Waals surface area contributed by atoms with Crippen LogP contribution in [0.3, 0.4) is 0 Å². The molecule has 0 atom stereocenters. The second-order valence-electron chi connectivity index (χ2n) is 3.57. The lowest BCUT2D eigenvalue weighted by Gasteiger charge is -2.10. The molecule has 0 bridgehead atoms. The highest BCUT2D eigenvalue weighted by atomic mass is 32.2. The number of anilines is 1. The maximum atomic E-state index is 5.38. The Morgan fingerprint density at radius 1 is 1.31 bits per heavy atom. The van der Waals surface area contributed by atoms with Crippen molar-refractivity contribution in [2.75, 3.05) is 11.6 Å². The zero-order valence-electron chi connectivity index (χ0n) is 9.82. The van der Waals surface area contributed by atoms with Gasteiger partial charge in [-0.25, -0.2) is 10.8 Å². The van der Waals surface area contributed by atoms with E-state index in [1.807, 2.05) is 26.0 Å². The van der Waals surface area contributed by atoms with Crippen LogP contribution in [-0.4, -0.2) is 18.3 Å². The van der Waals surface area contributed by atoms with Crippen molar-refractivity contribution in [1.29, 1.82) is 0 Å². The summed E-state index contributed by atoms with van der Waals surface area (Å²) in [6.45, 7) is 3.99. The Labute approximate surface area is 101 Å². The summed E-state index contributed by atoms with van der Waals surface area (Å²) in [4.78, 5) is 5.53. The summed E-state index contributed by atoms with van der Waals surface area (Å²) >= 11 is 1.71. The third-order valence-electron chi connectivity index (χ3n) is 1.88. The van der Waals surface area contributed by atoms with E-state index in [0.717, 1.165) is 5.69 Å². The van der Waals surface area contributed by atoms with Gasteiger partial charge in [0.1, 0.15) is 0 Å². The Morgan fingerprint density at radius 2 is 1.94 bits per heavy atom. The van der Waals surface area contributed by atoms with Gasteiger partial charge in [-0.2, -0.15) is 0 Å². The number of nitrogens with zero attached hydrogens (tertiary/aromatic N) is 1. The summed E-state index contributed by atoms with van der Waals surface area (Å²) in [5, 5.41) is 3.12. The fourth-order valence-corrected chi connectivity index (χ4v) is 1.58. The van der Waals surface area contributed by atoms with Gasteiger partial charge in [-0.15, -0.1) is 11.8 Å². The second kappa shape index (κ2) is 6.40. The molecule has 5 heteroatoms. The first-order valence-electron chi connectivity index (χ1n) is 5.11. The summed E-state index contributed by atoms with van der Waals surface area (Å²) in [5.41, 5.74) is 3.51. The molecule has 0 fully saturated rings. The molecule has 0 heterocycles. The van der Waals surface area contributed by atoms with Gasteiger partial charge in [-0.05, 0) is 44.4 Å². The molecule has 16 heavy (non-hydrogen) atoms. The first-order valence-corrected chi connectivity index (χ1v) is 6.33. The molecule has 0 spiro atoms. The molecule has 0 aliphatic heterocycles. The van der Waals surface area contributed by atoms with Gasteiger partial charge < -0.3 is 5.32 Å². The molecule has 0 aliphatic rings. The van der Waals surface area contributed by atoms with Gasteiger partial charge in [-0.1, -0.05) is 0 Å². The van der Waals surface area contributed by atoms with E-state index in [2.05, 4.69) is 34.1 Å².